The first-order chi connectivity index (χ1) is 10.0. The summed E-state index contributed by atoms with van der Waals surface area (Å²) in [5.74, 6) is 2.71. The maximum absolute atomic E-state index is 5.81. The fourth-order valence-corrected chi connectivity index (χ4v) is 2.77. The Balaban J connectivity index is 2.55. The Kier molecular flexibility index (Phi) is 4.73. The van der Waals surface area contributed by atoms with E-state index in [0.29, 0.717) is 0 Å². The molecule has 0 bridgehead atoms. The van der Waals surface area contributed by atoms with Crippen LogP contribution in [0.5, 0.6) is 5.75 Å². The molecule has 0 saturated heterocycles. The molecule has 0 amide bonds. The van der Waals surface area contributed by atoms with E-state index < -0.39 is 0 Å². The number of ether oxygens (including phenoxy) is 1. The predicted molar refractivity (Wildman–Crippen MR) is 82.8 cm³/mol. The van der Waals surface area contributed by atoms with E-state index in [1.54, 1.807) is 13.3 Å². The quantitative estimate of drug-likeness (QED) is 0.889. The zero-order chi connectivity index (χ0) is 15.6. The summed E-state index contributed by atoms with van der Waals surface area (Å²) < 4.78 is 13.2. The maximum atomic E-state index is 5.81. The molecule has 0 fully saturated rings. The Morgan fingerprint density at radius 3 is 2.57 bits per heavy atom. The van der Waals surface area contributed by atoms with E-state index in [0.717, 1.165) is 35.9 Å². The Bertz CT molecular complexity index is 613. The van der Waals surface area contributed by atoms with Gasteiger partial charge in [-0.2, -0.15) is 5.10 Å². The van der Waals surface area contributed by atoms with E-state index in [-0.39, 0.29) is 6.04 Å². The molecule has 2 aromatic heterocycles. The summed E-state index contributed by atoms with van der Waals surface area (Å²) in [5, 5.41) is 7.93. The van der Waals surface area contributed by atoms with Crippen molar-refractivity contribution in [1.82, 2.24) is 15.1 Å². The molecule has 0 saturated carbocycles. The summed E-state index contributed by atoms with van der Waals surface area (Å²) in [6.45, 7) is 9.19. The summed E-state index contributed by atoms with van der Waals surface area (Å²) in [6.07, 6.45) is 2.82. The highest BCUT2D eigenvalue weighted by molar-refractivity contribution is 5.42. The number of furan rings is 1. The van der Waals surface area contributed by atoms with Gasteiger partial charge in [0.05, 0.1) is 19.3 Å². The number of hydrogen-bond acceptors (Lipinski definition) is 4. The zero-order valence-electron chi connectivity index (χ0n) is 13.8. The highest BCUT2D eigenvalue weighted by Gasteiger charge is 2.27. The van der Waals surface area contributed by atoms with Crippen LogP contribution in [0.15, 0.2) is 10.6 Å². The standard InChI is InChI=1S/C16H25N3O2/c1-7-8-17-15(14-10(2)11(3)21-12(14)4)16-13(20-6)9-18-19(16)5/h9,15,17H,7-8H2,1-6H3. The molecule has 2 aromatic rings. The van der Waals surface area contributed by atoms with Gasteiger partial charge in [0.25, 0.3) is 0 Å². The highest BCUT2D eigenvalue weighted by atomic mass is 16.5. The third-order valence-corrected chi connectivity index (χ3v) is 3.95. The zero-order valence-corrected chi connectivity index (χ0v) is 13.8. The maximum Gasteiger partial charge on any atom is 0.161 e. The Morgan fingerprint density at radius 2 is 2.05 bits per heavy atom. The molecular formula is C16H25N3O2. The first kappa shape index (κ1) is 15.6. The molecule has 0 radical (unpaired) electrons. The third-order valence-electron chi connectivity index (χ3n) is 3.95. The van der Waals surface area contributed by atoms with Crippen molar-refractivity contribution in [3.05, 3.63) is 34.5 Å². The second-order valence-electron chi connectivity index (χ2n) is 5.36. The Hall–Kier alpha value is -1.75. The van der Waals surface area contributed by atoms with Crippen LogP contribution in [-0.4, -0.2) is 23.4 Å². The lowest BCUT2D eigenvalue weighted by Crippen LogP contribution is -2.26. The van der Waals surface area contributed by atoms with Gasteiger partial charge in [-0.15, -0.1) is 0 Å². The first-order valence-corrected chi connectivity index (χ1v) is 7.37. The molecule has 0 aliphatic carbocycles. The van der Waals surface area contributed by atoms with Crippen LogP contribution < -0.4 is 10.1 Å². The van der Waals surface area contributed by atoms with Crippen LogP contribution in [0.3, 0.4) is 0 Å². The minimum absolute atomic E-state index is 0.0184. The number of rotatable bonds is 6. The van der Waals surface area contributed by atoms with Crippen LogP contribution in [0.2, 0.25) is 0 Å². The molecule has 116 valence electrons. The predicted octanol–water partition coefficient (Wildman–Crippen LogP) is 3.04. The molecule has 0 aromatic carbocycles. The molecule has 21 heavy (non-hydrogen) atoms. The van der Waals surface area contributed by atoms with Gasteiger partial charge in [-0.05, 0) is 39.3 Å². The van der Waals surface area contributed by atoms with Gasteiger partial charge in [0.1, 0.15) is 17.2 Å². The summed E-state index contributed by atoms with van der Waals surface area (Å²) >= 11 is 0. The van der Waals surface area contributed by atoms with Gasteiger partial charge in [-0.25, -0.2) is 0 Å². The average molecular weight is 291 g/mol. The molecular weight excluding hydrogens is 266 g/mol. The summed E-state index contributed by atoms with van der Waals surface area (Å²) in [4.78, 5) is 0. The largest absolute Gasteiger partial charge is 0.493 e. The average Bonchev–Trinajstić information content (AvgIpc) is 2.94. The van der Waals surface area contributed by atoms with E-state index in [4.69, 9.17) is 9.15 Å². The highest BCUT2D eigenvalue weighted by Crippen LogP contribution is 2.35. The smallest absolute Gasteiger partial charge is 0.161 e. The van der Waals surface area contributed by atoms with E-state index in [9.17, 15) is 0 Å². The number of hydrogen-bond donors (Lipinski definition) is 1. The fourth-order valence-electron chi connectivity index (χ4n) is 2.77. The molecule has 5 heteroatoms. The van der Waals surface area contributed by atoms with Crippen molar-refractivity contribution < 1.29 is 9.15 Å². The van der Waals surface area contributed by atoms with Crippen molar-refractivity contribution in [2.75, 3.05) is 13.7 Å². The van der Waals surface area contributed by atoms with Gasteiger partial charge in [0.15, 0.2) is 5.75 Å². The van der Waals surface area contributed by atoms with Crippen LogP contribution in [0.1, 0.15) is 47.7 Å². The van der Waals surface area contributed by atoms with Gasteiger partial charge in [0.2, 0.25) is 0 Å². The molecule has 5 nitrogen and oxygen atoms in total. The number of aryl methyl sites for hydroxylation is 3. The van der Waals surface area contributed by atoms with Crippen LogP contribution in [0.4, 0.5) is 0 Å². The van der Waals surface area contributed by atoms with Gasteiger partial charge >= 0.3 is 0 Å². The second kappa shape index (κ2) is 6.35. The van der Waals surface area contributed by atoms with Crippen molar-refractivity contribution in [3.63, 3.8) is 0 Å². The number of methoxy groups -OCH3 is 1. The van der Waals surface area contributed by atoms with Gasteiger partial charge in [-0.1, -0.05) is 6.92 Å². The molecule has 0 aliphatic rings. The normalized spacial score (nSPS) is 12.7. The van der Waals surface area contributed by atoms with Crippen molar-refractivity contribution in [2.24, 2.45) is 7.05 Å². The van der Waals surface area contributed by atoms with Gasteiger partial charge in [0, 0.05) is 12.6 Å². The summed E-state index contributed by atoms with van der Waals surface area (Å²) in [7, 11) is 3.62. The van der Waals surface area contributed by atoms with E-state index >= 15 is 0 Å². The molecule has 1 atom stereocenters. The third kappa shape index (κ3) is 2.83. The molecule has 1 N–H and O–H groups in total. The monoisotopic (exact) mass is 291 g/mol. The van der Waals surface area contributed by atoms with E-state index in [1.165, 1.54) is 11.1 Å². The second-order valence-corrected chi connectivity index (χ2v) is 5.36. The lowest BCUT2D eigenvalue weighted by molar-refractivity contribution is 0.399. The first-order valence-electron chi connectivity index (χ1n) is 7.37. The molecule has 0 spiro atoms. The molecule has 2 rings (SSSR count). The van der Waals surface area contributed by atoms with Crippen molar-refractivity contribution in [3.8, 4) is 5.75 Å². The SMILES string of the molecule is CCCNC(c1c(C)oc(C)c1C)c1c(OC)cnn1C. The van der Waals surface area contributed by atoms with Crippen molar-refractivity contribution >= 4 is 0 Å². The number of nitrogens with one attached hydrogen (secondary N) is 1. The van der Waals surface area contributed by atoms with Crippen LogP contribution in [0, 0.1) is 20.8 Å². The van der Waals surface area contributed by atoms with Crippen LogP contribution in [0.25, 0.3) is 0 Å². The minimum Gasteiger partial charge on any atom is -0.493 e. The minimum atomic E-state index is 0.0184. The van der Waals surface area contributed by atoms with Crippen LogP contribution in [-0.2, 0) is 7.05 Å². The number of aromatic nitrogens is 2. The van der Waals surface area contributed by atoms with E-state index in [1.807, 2.05) is 25.6 Å². The topological polar surface area (TPSA) is 52.2 Å². The van der Waals surface area contributed by atoms with Crippen molar-refractivity contribution in [2.45, 2.75) is 40.2 Å². The van der Waals surface area contributed by atoms with Gasteiger partial charge < -0.3 is 14.5 Å². The fraction of sp³-hybridized carbons (Fsp3) is 0.562. The molecule has 0 aliphatic heterocycles. The lowest BCUT2D eigenvalue weighted by atomic mass is 9.98. The van der Waals surface area contributed by atoms with Crippen molar-refractivity contribution in [1.29, 1.82) is 0 Å². The Labute approximate surface area is 126 Å². The lowest BCUT2D eigenvalue weighted by Gasteiger charge is -2.21. The molecule has 2 heterocycles. The summed E-state index contributed by atoms with van der Waals surface area (Å²) in [6, 6.07) is 0.0184. The molecule has 1 unspecified atom stereocenters. The Morgan fingerprint density at radius 1 is 1.33 bits per heavy atom. The van der Waals surface area contributed by atoms with Gasteiger partial charge in [-0.3, -0.25) is 4.68 Å². The summed E-state index contributed by atoms with van der Waals surface area (Å²) in [5.41, 5.74) is 3.39. The number of nitrogens with zero attached hydrogens (tertiary/aromatic N) is 2. The van der Waals surface area contributed by atoms with E-state index in [2.05, 4.69) is 24.3 Å². The van der Waals surface area contributed by atoms with Crippen LogP contribution >= 0.6 is 0 Å².